The van der Waals surface area contributed by atoms with Crippen LogP contribution in [0, 0.1) is 0 Å². The average Bonchev–Trinajstić information content (AvgIpc) is 3.09. The van der Waals surface area contributed by atoms with Crippen LogP contribution in [0.5, 0.6) is 0 Å². The first-order chi connectivity index (χ1) is 14.6. The molecule has 0 aromatic carbocycles. The molecule has 3 rings (SSSR count). The summed E-state index contributed by atoms with van der Waals surface area (Å²) in [7, 11) is -16.7. The van der Waals surface area contributed by atoms with E-state index in [2.05, 4.69) is 28.1 Å². The van der Waals surface area contributed by atoms with Gasteiger partial charge >= 0.3 is 29.2 Å². The minimum Gasteiger partial charge on any atom is -0.390 e. The zero-order valence-electron chi connectivity index (χ0n) is 15.4. The van der Waals surface area contributed by atoms with Gasteiger partial charge in [-0.2, -0.15) is 13.6 Å². The van der Waals surface area contributed by atoms with E-state index in [1.165, 1.54) is 0 Å². The first-order valence-electron chi connectivity index (χ1n) is 8.19. The topological polar surface area (TPSA) is 299 Å². The van der Waals surface area contributed by atoms with Gasteiger partial charge in [-0.15, -0.1) is 0 Å². The number of aliphatic hydroxyl groups is 1. The number of phosphoric ester groups is 1. The molecule has 19 nitrogen and oxygen atoms in total. The Morgan fingerprint density at radius 2 is 1.78 bits per heavy atom. The monoisotopic (exact) mass is 526 g/mol. The van der Waals surface area contributed by atoms with Crippen LogP contribution in [-0.2, 0) is 31.6 Å². The maximum atomic E-state index is 12.2. The van der Waals surface area contributed by atoms with E-state index < -0.39 is 59.8 Å². The van der Waals surface area contributed by atoms with E-state index in [0.29, 0.717) is 0 Å². The van der Waals surface area contributed by atoms with Crippen molar-refractivity contribution in [2.45, 2.75) is 24.9 Å². The highest BCUT2D eigenvalue weighted by Crippen LogP contribution is 2.66. The van der Waals surface area contributed by atoms with E-state index in [1.807, 2.05) is 0 Å². The van der Waals surface area contributed by atoms with Crippen LogP contribution in [0.1, 0.15) is 12.6 Å². The van der Waals surface area contributed by atoms with E-state index in [0.717, 1.165) is 4.57 Å². The Labute approximate surface area is 175 Å². The van der Waals surface area contributed by atoms with Crippen molar-refractivity contribution in [3.05, 3.63) is 20.8 Å². The minimum atomic E-state index is -5.71. The highest BCUT2D eigenvalue weighted by atomic mass is 31.3. The molecular formula is C10H16N5O14P3. The van der Waals surface area contributed by atoms with Gasteiger partial charge in [-0.3, -0.25) is 19.3 Å². The lowest BCUT2D eigenvalue weighted by atomic mass is 10.2. The van der Waals surface area contributed by atoms with E-state index in [-0.39, 0.29) is 23.5 Å². The number of aliphatic hydroxyl groups excluding tert-OH is 1. The van der Waals surface area contributed by atoms with Crippen LogP contribution in [0.2, 0.25) is 0 Å². The van der Waals surface area contributed by atoms with Gasteiger partial charge in [-0.05, 0) is 0 Å². The summed E-state index contributed by atoms with van der Waals surface area (Å²) in [4.78, 5) is 67.9. The van der Waals surface area contributed by atoms with Gasteiger partial charge in [-0.25, -0.2) is 23.1 Å². The zero-order chi connectivity index (χ0) is 24.1. The fourth-order valence-corrected chi connectivity index (χ4v) is 5.82. The lowest BCUT2D eigenvalue weighted by molar-refractivity contribution is -0.0432. The van der Waals surface area contributed by atoms with Gasteiger partial charge in [0.05, 0.1) is 12.7 Å². The van der Waals surface area contributed by atoms with Gasteiger partial charge in [-0.1, -0.05) is 0 Å². The molecule has 180 valence electrons. The summed E-state index contributed by atoms with van der Waals surface area (Å²) in [5.74, 6) is -0.307. The molecule has 1 saturated heterocycles. The standard InChI is InChI=1S/C10H16N5O14P3/c11-9-13-7-6(8(17)14-9)12-10(18)15(7)5-1-3(16)4(27-5)2-26-31(22,23)29-32(24,25)28-30(19,20)21/h3-5,16H,1-2H2,(H,12,18)(H,22,23)(H,24,25)(H2,19,20,21)(H3,11,13,14,17)/t3-,4+,5+/m0/s1/i9+1,11+1,14+1. The fourth-order valence-electron chi connectivity index (χ4n) is 2.79. The number of nitrogens with two attached hydrogens (primary N) is 1. The number of ether oxygens (including phenoxy) is 1. The number of H-pyrrole nitrogens is 2. The summed E-state index contributed by atoms with van der Waals surface area (Å²) in [6.07, 6.45) is -4.29. The number of nitrogens with one attached hydrogen (secondary N) is 2. The summed E-state index contributed by atoms with van der Waals surface area (Å²) in [6.45, 7) is -0.936. The van der Waals surface area contributed by atoms with E-state index in [1.54, 1.807) is 0 Å². The van der Waals surface area contributed by atoms with E-state index >= 15 is 0 Å². The molecule has 0 spiro atoms. The van der Waals surface area contributed by atoms with Crippen molar-refractivity contribution in [1.82, 2.24) is 19.5 Å². The number of imidazole rings is 1. The Hall–Kier alpha value is -1.72. The van der Waals surface area contributed by atoms with E-state index in [9.17, 15) is 33.3 Å². The molecule has 32 heavy (non-hydrogen) atoms. The molecular weight excluding hydrogens is 510 g/mol. The largest absolute Gasteiger partial charge is 0.490 e. The maximum Gasteiger partial charge on any atom is 0.490 e. The Morgan fingerprint density at radius 1 is 1.12 bits per heavy atom. The van der Waals surface area contributed by atoms with Gasteiger partial charge < -0.3 is 35.2 Å². The molecule has 0 radical (unpaired) electrons. The number of nitrogens with zero attached hydrogens (tertiary/aromatic N) is 2. The third-order valence-electron chi connectivity index (χ3n) is 3.91. The van der Waals surface area contributed by atoms with E-state index in [4.69, 9.17) is 25.2 Å². The molecule has 2 aromatic rings. The summed E-state index contributed by atoms with van der Waals surface area (Å²) >= 11 is 0. The Kier molecular flexibility index (Phi) is 6.67. The van der Waals surface area contributed by atoms with Crippen molar-refractivity contribution < 1.29 is 56.3 Å². The second-order valence-electron chi connectivity index (χ2n) is 6.27. The van der Waals surface area contributed by atoms with Crippen LogP contribution in [0.15, 0.2) is 9.59 Å². The molecule has 0 aliphatic carbocycles. The number of aromatic nitrogens is 4. The number of rotatable bonds is 8. The minimum absolute atomic E-state index is 0.193. The van der Waals surface area contributed by atoms with Gasteiger partial charge in [0.25, 0.3) is 5.56 Å². The van der Waals surface area contributed by atoms with Crippen molar-refractivity contribution in [2.24, 2.45) is 0 Å². The van der Waals surface area contributed by atoms with Gasteiger partial charge in [0.2, 0.25) is 5.95 Å². The predicted molar refractivity (Wildman–Crippen MR) is 99.7 cm³/mol. The first kappa shape index (κ1) is 24.9. The summed E-state index contributed by atoms with van der Waals surface area (Å²) in [5, 5.41) is 10.1. The Morgan fingerprint density at radius 3 is 2.41 bits per heavy atom. The molecule has 1 aliphatic rings. The molecule has 0 amide bonds. The van der Waals surface area contributed by atoms with Crippen molar-refractivity contribution in [2.75, 3.05) is 12.3 Å². The molecule has 9 N–H and O–H groups in total. The number of hydrogen-bond donors (Lipinski definition) is 8. The molecule has 2 aromatic heterocycles. The molecule has 3 heterocycles. The third-order valence-corrected chi connectivity index (χ3v) is 7.71. The smallest absolute Gasteiger partial charge is 0.390 e. The quantitative estimate of drug-likeness (QED) is 0.136. The normalized spacial score (nSPS) is 25.6. The number of hydrogen-bond acceptors (Lipinski definition) is 12. The summed E-state index contributed by atoms with van der Waals surface area (Å²) in [5.41, 5.74) is 3.46. The highest BCUT2D eigenvalue weighted by molar-refractivity contribution is 7.66. The van der Waals surface area contributed by atoms with Crippen molar-refractivity contribution >= 4 is 40.6 Å². The summed E-state index contributed by atoms with van der Waals surface area (Å²) in [6, 6.07) is 0. The number of anilines is 1. The van der Waals surface area contributed by atoms with Crippen LogP contribution < -0.4 is 17.0 Å². The van der Waals surface area contributed by atoms with Gasteiger partial charge in [0.15, 0.2) is 11.2 Å². The first-order valence-corrected chi connectivity index (χ1v) is 12.7. The fraction of sp³-hybridized carbons (Fsp3) is 0.500. The van der Waals surface area contributed by atoms with Crippen LogP contribution >= 0.6 is 23.5 Å². The maximum absolute atomic E-state index is 12.2. The average molecular weight is 526 g/mol. The van der Waals surface area contributed by atoms with Gasteiger partial charge in [0.1, 0.15) is 12.3 Å². The summed E-state index contributed by atoms with van der Waals surface area (Å²) < 4.78 is 51.5. The zero-order valence-corrected chi connectivity index (χ0v) is 18.1. The lowest BCUT2D eigenvalue weighted by Gasteiger charge is -2.19. The molecule has 0 bridgehead atoms. The van der Waals surface area contributed by atoms with Gasteiger partial charge in [0, 0.05) is 6.42 Å². The predicted octanol–water partition coefficient (Wildman–Crippen LogP) is -2.01. The van der Waals surface area contributed by atoms with Crippen LogP contribution in [0.3, 0.4) is 0 Å². The number of nitrogen functional groups attached to an aromatic ring is 1. The number of fused-ring (bicyclic) bond motifs is 1. The molecule has 0 saturated carbocycles. The van der Waals surface area contributed by atoms with Crippen molar-refractivity contribution in [1.29, 1.82) is 0 Å². The van der Waals surface area contributed by atoms with Crippen LogP contribution in [0.4, 0.5) is 5.95 Å². The SMILES string of the molecule is [15NH2][13c]1nc2c([nH]c(=O)n2[C@H]2C[C@H](O)[C@@H](COP(=O)(O)OP(=O)(O)OP(=O)(O)O)O2)c(=O)[15nH]1. The number of phosphoric acid groups is 3. The molecule has 1 fully saturated rings. The van der Waals surface area contributed by atoms with Crippen LogP contribution in [0.25, 0.3) is 11.2 Å². The Balaban J connectivity index is 1.72. The third kappa shape index (κ3) is 5.79. The number of aromatic amines is 2. The molecule has 5 atom stereocenters. The second-order valence-corrected chi connectivity index (χ2v) is 10.7. The molecule has 22 heteroatoms. The molecule has 1 aliphatic heterocycles. The lowest BCUT2D eigenvalue weighted by Crippen LogP contribution is -2.26. The highest BCUT2D eigenvalue weighted by Gasteiger charge is 2.43. The van der Waals surface area contributed by atoms with Crippen molar-refractivity contribution in [3.8, 4) is 0 Å². The van der Waals surface area contributed by atoms with Crippen LogP contribution in [-0.4, -0.2) is 63.0 Å². The Bertz CT molecular complexity index is 1280. The van der Waals surface area contributed by atoms with Crippen molar-refractivity contribution in [3.63, 3.8) is 0 Å². The second kappa shape index (κ2) is 8.57. The molecule has 2 unspecified atom stereocenters.